The number of carbonyl (C=O) groups excluding carboxylic acids is 4. The Morgan fingerprint density at radius 2 is 0.454 bits per heavy atom. The molecule has 17 heteroatoms. The fourth-order valence-corrected chi connectivity index (χ4v) is 12.0. The minimum atomic E-state index is -4.81. The van der Waals surface area contributed by atoms with Gasteiger partial charge in [0.15, 0.2) is 0 Å². The van der Waals surface area contributed by atoms with Crippen LogP contribution in [0.1, 0.15) is 377 Å². The van der Waals surface area contributed by atoms with E-state index in [2.05, 4.69) is 76.3 Å². The second-order valence-electron chi connectivity index (χ2n) is 25.8. The Bertz CT molecular complexity index is 2470. The van der Waals surface area contributed by atoms with Crippen molar-refractivity contribution in [2.75, 3.05) is 26.4 Å². The second-order valence-corrected chi connectivity index (χ2v) is 28.5. The molecule has 0 saturated heterocycles. The van der Waals surface area contributed by atoms with Crippen LogP contribution >= 0.6 is 0 Å². The topological polar surface area (TPSA) is 220 Å². The van der Waals surface area contributed by atoms with Crippen LogP contribution in [0.5, 0.6) is 0 Å². The Labute approximate surface area is 620 Å². The predicted octanol–water partition coefficient (Wildman–Crippen LogP) is 22.5. The Kier molecular flexibility index (Phi) is 63.2. The first kappa shape index (κ1) is 93.4. The molecule has 0 aliphatic rings. The van der Waals surface area contributed by atoms with Crippen LogP contribution in [0, 0.1) is 0 Å². The molecule has 0 aliphatic carbocycles. The maximum Gasteiger partial charge on any atom is 2.00 e. The van der Waals surface area contributed by atoms with Crippen molar-refractivity contribution >= 4 is 81.9 Å². The number of unbranched alkanes of at least 4 members (excludes halogenated alkanes) is 40. The third kappa shape index (κ3) is 53.8. The summed E-state index contributed by atoms with van der Waals surface area (Å²) in [7, 11) is -9.62. The van der Waals surface area contributed by atoms with Gasteiger partial charge in [-0.25, -0.2) is 36.0 Å². The molecule has 0 bridgehead atoms. The summed E-state index contributed by atoms with van der Waals surface area (Å²) in [4.78, 5) is 50.2. The number of benzene rings is 2. The summed E-state index contributed by atoms with van der Waals surface area (Å²) in [5, 5.41) is 0. The van der Waals surface area contributed by atoms with E-state index in [4.69, 9.17) is 18.9 Å². The van der Waals surface area contributed by atoms with Crippen LogP contribution in [0.2, 0.25) is 0 Å². The van der Waals surface area contributed by atoms with Crippen LogP contribution in [0.3, 0.4) is 0 Å². The SMILES string of the molecule is CCC/C=C/CCCCCCCCCCCOC(=O)c1ccc(S(=O)(=O)[O-])cc1C(=O)OCCCCCCCCCCC/C=C/CCC.CCC/C=C/CCCCCCCCCCCOC(=O)c1ccc(S(=O)(=O)[O-])cc1C(=O)OCCCCCCCCCCC/C=C/CCC.[Ca+2]. The van der Waals surface area contributed by atoms with Gasteiger partial charge < -0.3 is 28.1 Å². The van der Waals surface area contributed by atoms with E-state index in [1.54, 1.807) is 0 Å². The monoisotopic (exact) mass is 1420 g/mol. The van der Waals surface area contributed by atoms with Gasteiger partial charge in [0, 0.05) is 0 Å². The number of ether oxygens (including phenoxy) is 4. The molecule has 0 heterocycles. The van der Waals surface area contributed by atoms with Gasteiger partial charge in [0.25, 0.3) is 0 Å². The van der Waals surface area contributed by atoms with Crippen LogP contribution in [0.15, 0.2) is 94.8 Å². The van der Waals surface area contributed by atoms with Crippen molar-refractivity contribution in [2.45, 2.75) is 346 Å². The molecule has 0 N–H and O–H groups in total. The first-order valence-corrected chi connectivity index (χ1v) is 40.9. The van der Waals surface area contributed by atoms with Gasteiger partial charge in [0.1, 0.15) is 20.2 Å². The molecule has 0 saturated carbocycles. The average Bonchev–Trinajstić information content (AvgIpc) is 0.828. The molecule has 548 valence electrons. The molecule has 2 aromatic rings. The number of esters is 4. The van der Waals surface area contributed by atoms with Crippen molar-refractivity contribution in [3.05, 3.63) is 107 Å². The van der Waals surface area contributed by atoms with Gasteiger partial charge in [-0.1, -0.05) is 282 Å². The summed E-state index contributed by atoms with van der Waals surface area (Å²) in [6, 6.07) is 6.23. The molecule has 0 radical (unpaired) electrons. The van der Waals surface area contributed by atoms with E-state index < -0.39 is 53.9 Å². The number of hydrogen-bond acceptors (Lipinski definition) is 14. The first-order chi connectivity index (χ1) is 46.6. The van der Waals surface area contributed by atoms with Crippen molar-refractivity contribution in [3.63, 3.8) is 0 Å². The summed E-state index contributed by atoms with van der Waals surface area (Å²) >= 11 is 0. The fraction of sp³-hybridized carbons (Fsp3) is 0.700. The Morgan fingerprint density at radius 1 is 0.278 bits per heavy atom. The number of carbonyl (C=O) groups is 4. The predicted molar refractivity (Wildman–Crippen MR) is 397 cm³/mol. The zero-order valence-electron chi connectivity index (χ0n) is 61.1. The van der Waals surface area contributed by atoms with Crippen LogP contribution in [-0.2, 0) is 39.2 Å². The molecule has 0 fully saturated rings. The molecular weight excluding hydrogens is 1290 g/mol. The summed E-state index contributed by atoms with van der Waals surface area (Å²) in [5.41, 5.74) is -0.694. The van der Waals surface area contributed by atoms with E-state index in [0.717, 1.165) is 113 Å². The smallest absolute Gasteiger partial charge is 0.744 e. The standard InChI is InChI=1S/2C40H66O7S.Ca/c2*1-3-5-7-9-11-13-15-17-19-21-23-25-27-29-33-46-39(41)37-32-31-36(48(43,44)45)35-38(37)40(42)47-34-30-28-26-24-22-20-18-16-14-12-10-8-6-4-2;/h2*7-10,31-32,35H,3-6,11-30,33-34H2,1-2H3,(H,43,44,45);/q;;+2/p-2/b2*9-7+,10-8+;. The van der Waals surface area contributed by atoms with Crippen molar-refractivity contribution in [2.24, 2.45) is 0 Å². The molecular formula is C80H130CaO14S2. The van der Waals surface area contributed by atoms with E-state index >= 15 is 0 Å². The Balaban J connectivity index is 0.00000188. The Hall–Kier alpha value is -3.64. The van der Waals surface area contributed by atoms with Gasteiger partial charge >= 0.3 is 61.6 Å². The molecule has 0 amide bonds. The van der Waals surface area contributed by atoms with E-state index in [0.29, 0.717) is 25.7 Å². The molecule has 0 spiro atoms. The maximum atomic E-state index is 12.9. The van der Waals surface area contributed by atoms with Gasteiger partial charge in [-0.3, -0.25) is 0 Å². The van der Waals surface area contributed by atoms with E-state index in [1.807, 2.05) is 0 Å². The Morgan fingerprint density at radius 3 is 0.649 bits per heavy atom. The maximum absolute atomic E-state index is 12.9. The van der Waals surface area contributed by atoms with Gasteiger partial charge in [0.05, 0.1) is 58.5 Å². The molecule has 2 aromatic carbocycles. The third-order valence-electron chi connectivity index (χ3n) is 16.9. The van der Waals surface area contributed by atoms with Gasteiger partial charge in [0.2, 0.25) is 0 Å². The molecule has 2 rings (SSSR count). The number of rotatable bonds is 62. The zero-order valence-corrected chi connectivity index (χ0v) is 64.9. The van der Waals surface area contributed by atoms with Crippen LogP contribution in [0.25, 0.3) is 0 Å². The minimum absolute atomic E-state index is 0. The van der Waals surface area contributed by atoms with Gasteiger partial charge in [-0.05, 0) is 139 Å². The van der Waals surface area contributed by atoms with Crippen molar-refractivity contribution in [3.8, 4) is 0 Å². The normalized spacial score (nSPS) is 11.8. The van der Waals surface area contributed by atoms with Gasteiger partial charge in [-0.2, -0.15) is 0 Å². The van der Waals surface area contributed by atoms with E-state index in [-0.39, 0.29) is 86.4 Å². The molecule has 0 unspecified atom stereocenters. The van der Waals surface area contributed by atoms with Crippen molar-refractivity contribution in [1.82, 2.24) is 0 Å². The quantitative estimate of drug-likeness (QED) is 0.0150. The summed E-state index contributed by atoms with van der Waals surface area (Å²) in [5.74, 6) is -3.11. The van der Waals surface area contributed by atoms with Crippen LogP contribution in [0.4, 0.5) is 0 Å². The second kappa shape index (κ2) is 65.7. The van der Waals surface area contributed by atoms with E-state index in [1.165, 1.54) is 205 Å². The largest absolute Gasteiger partial charge is 2.00 e. The van der Waals surface area contributed by atoms with Crippen molar-refractivity contribution in [1.29, 1.82) is 0 Å². The van der Waals surface area contributed by atoms with Crippen LogP contribution < -0.4 is 0 Å². The van der Waals surface area contributed by atoms with Crippen molar-refractivity contribution < 1.29 is 64.1 Å². The van der Waals surface area contributed by atoms with Crippen LogP contribution in [-0.4, -0.2) is 114 Å². The van der Waals surface area contributed by atoms with Gasteiger partial charge in [-0.15, -0.1) is 0 Å². The minimum Gasteiger partial charge on any atom is -0.744 e. The summed E-state index contributed by atoms with van der Waals surface area (Å²) < 4.78 is 91.1. The molecule has 0 aliphatic heterocycles. The first-order valence-electron chi connectivity index (χ1n) is 38.1. The molecule has 97 heavy (non-hydrogen) atoms. The zero-order chi connectivity index (χ0) is 70.3. The number of hydrogen-bond donors (Lipinski definition) is 0. The van der Waals surface area contributed by atoms with E-state index in [9.17, 15) is 45.1 Å². The number of allylic oxidation sites excluding steroid dienone is 8. The molecule has 0 atom stereocenters. The average molecular weight is 1420 g/mol. The summed E-state index contributed by atoms with van der Waals surface area (Å²) in [6.45, 7) is 9.51. The third-order valence-corrected chi connectivity index (χ3v) is 18.6. The summed E-state index contributed by atoms with van der Waals surface area (Å²) in [6.07, 6.45) is 72.9. The molecule has 14 nitrogen and oxygen atoms in total. The molecule has 0 aromatic heterocycles. The fourth-order valence-electron chi connectivity index (χ4n) is 11.0.